The number of fused-ring (bicyclic) bond motifs is 1. The van der Waals surface area contributed by atoms with Gasteiger partial charge in [-0.1, -0.05) is 37.3 Å². The highest BCUT2D eigenvalue weighted by molar-refractivity contribution is 5.59. The Balaban J connectivity index is 1.99. The summed E-state index contributed by atoms with van der Waals surface area (Å²) in [5.74, 6) is -0.204. The molecule has 1 aliphatic rings. The quantitative estimate of drug-likeness (QED) is 0.928. The molecule has 0 aliphatic carbocycles. The lowest BCUT2D eigenvalue weighted by atomic mass is 9.96. The SMILES string of the molecule is CCC(N)C(c1ccc(F)cc1)N1CCc2ccccc21. The smallest absolute Gasteiger partial charge is 0.123 e. The van der Waals surface area contributed by atoms with Gasteiger partial charge in [-0.3, -0.25) is 0 Å². The van der Waals surface area contributed by atoms with Gasteiger partial charge in [0.15, 0.2) is 0 Å². The maximum atomic E-state index is 13.2. The van der Waals surface area contributed by atoms with Crippen molar-refractivity contribution in [3.05, 3.63) is 65.5 Å². The maximum Gasteiger partial charge on any atom is 0.123 e. The van der Waals surface area contributed by atoms with Crippen molar-refractivity contribution in [2.24, 2.45) is 5.73 Å². The van der Waals surface area contributed by atoms with Crippen molar-refractivity contribution < 1.29 is 4.39 Å². The molecule has 3 rings (SSSR count). The number of rotatable bonds is 4. The third kappa shape index (κ3) is 2.66. The molecular formula is C18H21FN2. The Morgan fingerprint density at radius 1 is 1.14 bits per heavy atom. The number of benzene rings is 2. The zero-order valence-electron chi connectivity index (χ0n) is 12.3. The minimum Gasteiger partial charge on any atom is -0.362 e. The van der Waals surface area contributed by atoms with E-state index in [2.05, 4.69) is 36.1 Å². The third-order valence-electron chi connectivity index (χ3n) is 4.35. The highest BCUT2D eigenvalue weighted by atomic mass is 19.1. The first-order valence-electron chi connectivity index (χ1n) is 7.56. The van der Waals surface area contributed by atoms with Crippen LogP contribution in [0.4, 0.5) is 10.1 Å². The molecule has 3 heteroatoms. The summed E-state index contributed by atoms with van der Waals surface area (Å²) in [7, 11) is 0. The van der Waals surface area contributed by atoms with E-state index in [4.69, 9.17) is 5.73 Å². The lowest BCUT2D eigenvalue weighted by molar-refractivity contribution is 0.497. The molecule has 110 valence electrons. The molecule has 0 amide bonds. The number of para-hydroxylation sites is 1. The normalized spacial score (nSPS) is 16.6. The highest BCUT2D eigenvalue weighted by Gasteiger charge is 2.30. The van der Waals surface area contributed by atoms with Gasteiger partial charge in [0.2, 0.25) is 0 Å². The van der Waals surface area contributed by atoms with E-state index in [1.165, 1.54) is 23.4 Å². The Labute approximate surface area is 125 Å². The number of hydrogen-bond donors (Lipinski definition) is 1. The average Bonchev–Trinajstić information content (AvgIpc) is 2.93. The monoisotopic (exact) mass is 284 g/mol. The predicted octanol–water partition coefficient (Wildman–Crippen LogP) is 3.67. The number of hydrogen-bond acceptors (Lipinski definition) is 2. The Kier molecular flexibility index (Phi) is 3.93. The Morgan fingerprint density at radius 3 is 2.57 bits per heavy atom. The molecule has 2 N–H and O–H groups in total. The number of nitrogens with two attached hydrogens (primary N) is 1. The van der Waals surface area contributed by atoms with Gasteiger partial charge in [-0.2, -0.15) is 0 Å². The van der Waals surface area contributed by atoms with E-state index in [0.717, 1.165) is 24.9 Å². The van der Waals surface area contributed by atoms with E-state index in [1.807, 2.05) is 12.1 Å². The van der Waals surface area contributed by atoms with E-state index >= 15 is 0 Å². The molecule has 21 heavy (non-hydrogen) atoms. The van der Waals surface area contributed by atoms with E-state index in [9.17, 15) is 4.39 Å². The van der Waals surface area contributed by atoms with Gasteiger partial charge in [-0.15, -0.1) is 0 Å². The maximum absolute atomic E-state index is 13.2. The van der Waals surface area contributed by atoms with Crippen LogP contribution >= 0.6 is 0 Å². The van der Waals surface area contributed by atoms with Gasteiger partial charge in [-0.25, -0.2) is 4.39 Å². The Hall–Kier alpha value is -1.87. The van der Waals surface area contributed by atoms with Gasteiger partial charge in [0.1, 0.15) is 5.82 Å². The molecule has 0 saturated carbocycles. The Morgan fingerprint density at radius 2 is 1.86 bits per heavy atom. The van der Waals surface area contributed by atoms with E-state index < -0.39 is 0 Å². The van der Waals surface area contributed by atoms with Gasteiger partial charge in [0.25, 0.3) is 0 Å². The second kappa shape index (κ2) is 5.86. The van der Waals surface area contributed by atoms with Crippen molar-refractivity contribution in [2.75, 3.05) is 11.4 Å². The first-order valence-corrected chi connectivity index (χ1v) is 7.56. The van der Waals surface area contributed by atoms with Gasteiger partial charge in [-0.05, 0) is 42.2 Å². The first kappa shape index (κ1) is 14.1. The molecule has 0 fully saturated rings. The lowest BCUT2D eigenvalue weighted by Gasteiger charge is -2.35. The van der Waals surface area contributed by atoms with Crippen molar-refractivity contribution in [1.29, 1.82) is 0 Å². The molecule has 1 heterocycles. The summed E-state index contributed by atoms with van der Waals surface area (Å²) in [6, 6.07) is 15.4. The number of halogens is 1. The molecule has 0 bridgehead atoms. The van der Waals surface area contributed by atoms with Crippen LogP contribution in [-0.4, -0.2) is 12.6 Å². The zero-order chi connectivity index (χ0) is 14.8. The van der Waals surface area contributed by atoms with Crippen LogP contribution in [0, 0.1) is 5.82 Å². The molecule has 2 aromatic rings. The molecule has 0 spiro atoms. The fourth-order valence-corrected chi connectivity index (χ4v) is 3.19. The fourth-order valence-electron chi connectivity index (χ4n) is 3.19. The van der Waals surface area contributed by atoms with Crippen LogP contribution < -0.4 is 10.6 Å². The third-order valence-corrected chi connectivity index (χ3v) is 4.35. The van der Waals surface area contributed by atoms with Crippen molar-refractivity contribution in [3.8, 4) is 0 Å². The summed E-state index contributed by atoms with van der Waals surface area (Å²) in [6.07, 6.45) is 1.94. The van der Waals surface area contributed by atoms with E-state index in [1.54, 1.807) is 0 Å². The molecule has 0 aromatic heterocycles. The van der Waals surface area contributed by atoms with Gasteiger partial charge in [0, 0.05) is 18.3 Å². The highest BCUT2D eigenvalue weighted by Crippen LogP contribution is 2.36. The van der Waals surface area contributed by atoms with Crippen LogP contribution in [0.5, 0.6) is 0 Å². The van der Waals surface area contributed by atoms with E-state index in [-0.39, 0.29) is 17.9 Å². The molecule has 2 unspecified atom stereocenters. The van der Waals surface area contributed by atoms with Crippen LogP contribution in [0.2, 0.25) is 0 Å². The predicted molar refractivity (Wildman–Crippen MR) is 84.9 cm³/mol. The fraction of sp³-hybridized carbons (Fsp3) is 0.333. The number of nitrogens with zero attached hydrogens (tertiary/aromatic N) is 1. The Bertz CT molecular complexity index is 609. The van der Waals surface area contributed by atoms with Crippen LogP contribution in [-0.2, 0) is 6.42 Å². The zero-order valence-corrected chi connectivity index (χ0v) is 12.3. The van der Waals surface area contributed by atoms with Gasteiger partial charge < -0.3 is 10.6 Å². The summed E-state index contributed by atoms with van der Waals surface area (Å²) in [5.41, 5.74) is 10.1. The second-order valence-corrected chi connectivity index (χ2v) is 5.64. The van der Waals surface area contributed by atoms with Crippen molar-refractivity contribution in [2.45, 2.75) is 31.8 Å². The molecule has 0 saturated heterocycles. The van der Waals surface area contributed by atoms with Crippen LogP contribution in [0.3, 0.4) is 0 Å². The van der Waals surface area contributed by atoms with Crippen molar-refractivity contribution >= 4 is 5.69 Å². The van der Waals surface area contributed by atoms with Crippen molar-refractivity contribution in [3.63, 3.8) is 0 Å². The molecule has 2 aromatic carbocycles. The summed E-state index contributed by atoms with van der Waals surface area (Å²) < 4.78 is 13.2. The molecular weight excluding hydrogens is 263 g/mol. The van der Waals surface area contributed by atoms with Crippen LogP contribution in [0.25, 0.3) is 0 Å². The lowest BCUT2D eigenvalue weighted by Crippen LogP contribution is -2.40. The van der Waals surface area contributed by atoms with Crippen LogP contribution in [0.1, 0.15) is 30.5 Å². The molecule has 2 nitrogen and oxygen atoms in total. The average molecular weight is 284 g/mol. The first-order chi connectivity index (χ1) is 10.2. The number of anilines is 1. The molecule has 0 radical (unpaired) electrons. The summed E-state index contributed by atoms with van der Waals surface area (Å²) >= 11 is 0. The summed E-state index contributed by atoms with van der Waals surface area (Å²) in [6.45, 7) is 3.07. The minimum absolute atomic E-state index is 0.0293. The van der Waals surface area contributed by atoms with Gasteiger partial charge in [0.05, 0.1) is 6.04 Å². The standard InChI is InChI=1S/C18H21FN2/c1-2-16(20)18(14-7-9-15(19)10-8-14)21-12-11-13-5-3-4-6-17(13)21/h3-10,16,18H,2,11-12,20H2,1H3. The molecule has 1 aliphatic heterocycles. The summed E-state index contributed by atoms with van der Waals surface area (Å²) in [5, 5.41) is 0. The topological polar surface area (TPSA) is 29.3 Å². The summed E-state index contributed by atoms with van der Waals surface area (Å²) in [4.78, 5) is 2.37. The molecule has 2 atom stereocenters. The van der Waals surface area contributed by atoms with E-state index in [0.29, 0.717) is 0 Å². The van der Waals surface area contributed by atoms with Crippen molar-refractivity contribution in [1.82, 2.24) is 0 Å². The minimum atomic E-state index is -0.204. The van der Waals surface area contributed by atoms with Crippen LogP contribution in [0.15, 0.2) is 48.5 Å². The largest absolute Gasteiger partial charge is 0.362 e. The van der Waals surface area contributed by atoms with Gasteiger partial charge >= 0.3 is 0 Å². The second-order valence-electron chi connectivity index (χ2n) is 5.64.